The first kappa shape index (κ1) is 21.9. The topological polar surface area (TPSA) is 154 Å². The summed E-state index contributed by atoms with van der Waals surface area (Å²) in [5.41, 5.74) is 2.35. The molecule has 0 amide bonds. The number of hydrogen-bond acceptors (Lipinski definition) is 8. The smallest absolute Gasteiger partial charge is 0.295 e. The molecule has 3 aromatic rings. The van der Waals surface area contributed by atoms with Crippen molar-refractivity contribution in [3.8, 4) is 11.5 Å². The van der Waals surface area contributed by atoms with Gasteiger partial charge in [-0.1, -0.05) is 11.6 Å². The van der Waals surface area contributed by atoms with E-state index in [1.54, 1.807) is 0 Å². The molecule has 3 aromatic carbocycles. The van der Waals surface area contributed by atoms with Gasteiger partial charge in [0.1, 0.15) is 17.2 Å². The Hall–Kier alpha value is -3.83. The van der Waals surface area contributed by atoms with Gasteiger partial charge in [0.25, 0.3) is 15.7 Å². The van der Waals surface area contributed by atoms with Crippen LogP contribution in [0.5, 0.6) is 11.5 Å². The fourth-order valence-electron chi connectivity index (χ4n) is 2.47. The Balaban J connectivity index is 1.84. The SMILES string of the molecule is O=[N+]([O-])c1cc(S(=O)(=O)Nc2ccc(Cl)cc2)ccc1NN=Cc1ccc(O)cc1O. The highest BCUT2D eigenvalue weighted by Crippen LogP contribution is 2.29. The van der Waals surface area contributed by atoms with Gasteiger partial charge in [-0.15, -0.1) is 0 Å². The molecule has 0 radical (unpaired) electrons. The maximum Gasteiger partial charge on any atom is 0.295 e. The van der Waals surface area contributed by atoms with Crippen LogP contribution in [0, 0.1) is 10.1 Å². The van der Waals surface area contributed by atoms with Crippen LogP contribution in [-0.2, 0) is 10.0 Å². The Morgan fingerprint density at radius 1 is 1.03 bits per heavy atom. The number of hydrogen-bond donors (Lipinski definition) is 4. The zero-order chi connectivity index (χ0) is 22.6. The number of nitrogens with zero attached hydrogens (tertiary/aromatic N) is 2. The van der Waals surface area contributed by atoms with Crippen molar-refractivity contribution in [3.05, 3.63) is 81.4 Å². The fourth-order valence-corrected chi connectivity index (χ4v) is 3.67. The third-order valence-corrected chi connectivity index (χ3v) is 5.61. The van der Waals surface area contributed by atoms with E-state index in [2.05, 4.69) is 15.2 Å². The summed E-state index contributed by atoms with van der Waals surface area (Å²) in [5, 5.41) is 34.7. The van der Waals surface area contributed by atoms with Crippen LogP contribution in [0.4, 0.5) is 17.1 Å². The molecule has 0 aliphatic carbocycles. The van der Waals surface area contributed by atoms with Crippen molar-refractivity contribution < 1.29 is 23.6 Å². The Bertz CT molecular complexity index is 1260. The highest BCUT2D eigenvalue weighted by molar-refractivity contribution is 7.92. The number of anilines is 2. The molecule has 0 aliphatic rings. The van der Waals surface area contributed by atoms with Crippen molar-refractivity contribution in [3.63, 3.8) is 0 Å². The summed E-state index contributed by atoms with van der Waals surface area (Å²) < 4.78 is 27.5. The lowest BCUT2D eigenvalue weighted by molar-refractivity contribution is -0.384. The highest BCUT2D eigenvalue weighted by atomic mass is 35.5. The van der Waals surface area contributed by atoms with Gasteiger partial charge in [0.05, 0.1) is 16.0 Å². The molecular formula is C19H15ClN4O6S. The number of nitrogens with one attached hydrogen (secondary N) is 2. The summed E-state index contributed by atoms with van der Waals surface area (Å²) >= 11 is 5.77. The molecule has 0 atom stereocenters. The molecule has 0 aromatic heterocycles. The third kappa shape index (κ3) is 5.41. The van der Waals surface area contributed by atoms with Crippen molar-refractivity contribution in [2.24, 2.45) is 5.10 Å². The number of rotatable bonds is 7. The number of phenols is 2. The van der Waals surface area contributed by atoms with Crippen LogP contribution in [0.25, 0.3) is 0 Å². The molecule has 0 aliphatic heterocycles. The van der Waals surface area contributed by atoms with Gasteiger partial charge in [-0.05, 0) is 48.5 Å². The summed E-state index contributed by atoms with van der Waals surface area (Å²) in [6, 6.07) is 13.0. The average molecular weight is 463 g/mol. The molecule has 160 valence electrons. The zero-order valence-electron chi connectivity index (χ0n) is 15.6. The second kappa shape index (κ2) is 8.90. The lowest BCUT2D eigenvalue weighted by Crippen LogP contribution is -2.13. The minimum Gasteiger partial charge on any atom is -0.508 e. The van der Waals surface area contributed by atoms with Crippen molar-refractivity contribution in [2.45, 2.75) is 4.90 Å². The van der Waals surface area contributed by atoms with E-state index in [-0.39, 0.29) is 33.3 Å². The summed E-state index contributed by atoms with van der Waals surface area (Å²) in [4.78, 5) is 10.4. The first-order chi connectivity index (χ1) is 14.7. The van der Waals surface area contributed by atoms with Crippen molar-refractivity contribution in [1.29, 1.82) is 0 Å². The van der Waals surface area contributed by atoms with Crippen molar-refractivity contribution in [1.82, 2.24) is 0 Å². The third-order valence-electron chi connectivity index (χ3n) is 3.98. The molecule has 10 nitrogen and oxygen atoms in total. The minimum atomic E-state index is -4.09. The van der Waals surface area contributed by atoms with E-state index in [0.717, 1.165) is 12.1 Å². The number of aromatic hydroxyl groups is 2. The van der Waals surface area contributed by atoms with E-state index < -0.39 is 20.6 Å². The van der Waals surface area contributed by atoms with Gasteiger partial charge in [-0.25, -0.2) is 8.42 Å². The van der Waals surface area contributed by atoms with Crippen LogP contribution < -0.4 is 10.1 Å². The van der Waals surface area contributed by atoms with Crippen LogP contribution in [0.1, 0.15) is 5.56 Å². The summed E-state index contributed by atoms with van der Waals surface area (Å²) in [5.74, 6) is -0.378. The van der Waals surface area contributed by atoms with E-state index in [4.69, 9.17) is 11.6 Å². The molecule has 3 rings (SSSR count). The van der Waals surface area contributed by atoms with Gasteiger partial charge >= 0.3 is 0 Å². The maximum absolute atomic E-state index is 12.6. The number of hydrazone groups is 1. The number of nitro benzene ring substituents is 1. The Kier molecular flexibility index (Phi) is 6.28. The summed E-state index contributed by atoms with van der Waals surface area (Å²) in [6.07, 6.45) is 1.19. The fraction of sp³-hybridized carbons (Fsp3) is 0. The predicted octanol–water partition coefficient (Wildman–Crippen LogP) is 3.91. The van der Waals surface area contributed by atoms with Crippen LogP contribution in [0.15, 0.2) is 70.7 Å². The van der Waals surface area contributed by atoms with E-state index in [9.17, 15) is 28.7 Å². The molecule has 0 unspecified atom stereocenters. The normalized spacial score (nSPS) is 11.4. The molecule has 4 N–H and O–H groups in total. The van der Waals surface area contributed by atoms with Crippen molar-refractivity contribution >= 4 is 44.9 Å². The molecule has 0 saturated carbocycles. The molecule has 31 heavy (non-hydrogen) atoms. The van der Waals surface area contributed by atoms with Gasteiger partial charge in [0.15, 0.2) is 0 Å². The molecule has 0 bridgehead atoms. The number of nitro groups is 1. The standard InChI is InChI=1S/C19H15ClN4O6S/c20-13-2-4-14(5-3-13)23-31(29,30)16-7-8-17(18(10-16)24(27)28)22-21-11-12-1-6-15(25)9-19(12)26/h1-11,22-23,25-26H. The monoisotopic (exact) mass is 462 g/mol. The molecule has 0 heterocycles. The molecule has 0 spiro atoms. The Morgan fingerprint density at radius 2 is 1.74 bits per heavy atom. The minimum absolute atomic E-state index is 0.0649. The van der Waals surface area contributed by atoms with Gasteiger partial charge in [-0.3, -0.25) is 20.3 Å². The van der Waals surface area contributed by atoms with Gasteiger partial charge in [0, 0.05) is 28.4 Å². The van der Waals surface area contributed by atoms with E-state index in [1.807, 2.05) is 0 Å². The van der Waals surface area contributed by atoms with E-state index in [0.29, 0.717) is 5.02 Å². The second-order valence-corrected chi connectivity index (χ2v) is 8.28. The first-order valence-corrected chi connectivity index (χ1v) is 10.4. The molecular weight excluding hydrogens is 448 g/mol. The van der Waals surface area contributed by atoms with Crippen LogP contribution >= 0.6 is 11.6 Å². The second-order valence-electron chi connectivity index (χ2n) is 6.16. The predicted molar refractivity (Wildman–Crippen MR) is 116 cm³/mol. The number of halogens is 1. The number of phenolic OH excluding ortho intramolecular Hbond substituents is 2. The van der Waals surface area contributed by atoms with Gasteiger partial charge < -0.3 is 10.2 Å². The van der Waals surface area contributed by atoms with Crippen molar-refractivity contribution in [2.75, 3.05) is 10.1 Å². The van der Waals surface area contributed by atoms with Crippen LogP contribution in [0.2, 0.25) is 5.02 Å². The molecule has 0 fully saturated rings. The average Bonchev–Trinajstić information content (AvgIpc) is 2.71. The van der Waals surface area contributed by atoms with Crippen LogP contribution in [0.3, 0.4) is 0 Å². The van der Waals surface area contributed by atoms with Gasteiger partial charge in [-0.2, -0.15) is 5.10 Å². The maximum atomic E-state index is 12.6. The largest absolute Gasteiger partial charge is 0.508 e. The van der Waals surface area contributed by atoms with Crippen LogP contribution in [-0.4, -0.2) is 29.8 Å². The molecule has 0 saturated heterocycles. The lowest BCUT2D eigenvalue weighted by Gasteiger charge is -2.09. The summed E-state index contributed by atoms with van der Waals surface area (Å²) in [7, 11) is -4.09. The highest BCUT2D eigenvalue weighted by Gasteiger charge is 2.21. The quantitative estimate of drug-likeness (QED) is 0.236. The zero-order valence-corrected chi connectivity index (χ0v) is 17.1. The molecule has 12 heteroatoms. The number of sulfonamides is 1. The first-order valence-electron chi connectivity index (χ1n) is 8.53. The van der Waals surface area contributed by atoms with Gasteiger partial charge in [0.2, 0.25) is 0 Å². The lowest BCUT2D eigenvalue weighted by atomic mass is 10.2. The Labute approximate surface area is 181 Å². The number of benzene rings is 3. The Morgan fingerprint density at radius 3 is 2.39 bits per heavy atom. The summed E-state index contributed by atoms with van der Waals surface area (Å²) in [6.45, 7) is 0. The van der Waals surface area contributed by atoms with E-state index >= 15 is 0 Å². The van der Waals surface area contributed by atoms with E-state index in [1.165, 1.54) is 54.7 Å².